The van der Waals surface area contributed by atoms with Gasteiger partial charge in [-0.3, -0.25) is 4.57 Å². The number of hydrogen-bond donors (Lipinski definition) is 0. The standard InChI is InChI=1S/C16H12N4O/c1-11-6-7-12(8-14(11)20-9-17-18-10-20)16-19-13-4-2-3-5-15(13)21-16/h2-10H,1H3. The van der Waals surface area contributed by atoms with E-state index in [1.807, 2.05) is 54.0 Å². The van der Waals surface area contributed by atoms with E-state index in [4.69, 9.17) is 4.42 Å². The molecule has 0 aliphatic carbocycles. The smallest absolute Gasteiger partial charge is 0.227 e. The Morgan fingerprint density at radius 3 is 2.62 bits per heavy atom. The van der Waals surface area contributed by atoms with Gasteiger partial charge in [0.2, 0.25) is 5.89 Å². The fourth-order valence-corrected chi connectivity index (χ4v) is 2.34. The average molecular weight is 276 g/mol. The van der Waals surface area contributed by atoms with E-state index in [0.717, 1.165) is 27.9 Å². The fourth-order valence-electron chi connectivity index (χ4n) is 2.34. The SMILES string of the molecule is Cc1ccc(-c2nc3ccccc3o2)cc1-n1cnnc1. The number of para-hydroxylation sites is 2. The molecule has 21 heavy (non-hydrogen) atoms. The molecule has 102 valence electrons. The average Bonchev–Trinajstić information content (AvgIpc) is 3.17. The maximum Gasteiger partial charge on any atom is 0.227 e. The largest absolute Gasteiger partial charge is 0.436 e. The lowest BCUT2D eigenvalue weighted by atomic mass is 10.1. The summed E-state index contributed by atoms with van der Waals surface area (Å²) in [6.07, 6.45) is 3.36. The summed E-state index contributed by atoms with van der Waals surface area (Å²) in [6.45, 7) is 2.05. The van der Waals surface area contributed by atoms with Gasteiger partial charge in [0.15, 0.2) is 5.58 Å². The minimum absolute atomic E-state index is 0.616. The van der Waals surface area contributed by atoms with Crippen LogP contribution in [0.25, 0.3) is 28.2 Å². The number of benzene rings is 2. The lowest BCUT2D eigenvalue weighted by molar-refractivity contribution is 0.620. The Hall–Kier alpha value is -2.95. The molecule has 0 bridgehead atoms. The second kappa shape index (κ2) is 4.56. The Labute approximate surface area is 120 Å². The van der Waals surface area contributed by atoms with Crippen LogP contribution in [-0.2, 0) is 0 Å². The summed E-state index contributed by atoms with van der Waals surface area (Å²) in [6, 6.07) is 13.8. The summed E-state index contributed by atoms with van der Waals surface area (Å²) >= 11 is 0. The van der Waals surface area contributed by atoms with Gasteiger partial charge >= 0.3 is 0 Å². The van der Waals surface area contributed by atoms with Gasteiger partial charge in [-0.25, -0.2) is 4.98 Å². The van der Waals surface area contributed by atoms with Crippen molar-refractivity contribution in [2.75, 3.05) is 0 Å². The Kier molecular flexibility index (Phi) is 2.57. The number of fused-ring (bicyclic) bond motifs is 1. The molecule has 2 aromatic carbocycles. The van der Waals surface area contributed by atoms with E-state index in [1.165, 1.54) is 0 Å². The van der Waals surface area contributed by atoms with E-state index >= 15 is 0 Å². The normalized spacial score (nSPS) is 11.1. The van der Waals surface area contributed by atoms with Gasteiger partial charge in [-0.05, 0) is 36.8 Å². The van der Waals surface area contributed by atoms with Gasteiger partial charge in [-0.1, -0.05) is 18.2 Å². The van der Waals surface area contributed by atoms with Crippen molar-refractivity contribution in [1.29, 1.82) is 0 Å². The lowest BCUT2D eigenvalue weighted by Gasteiger charge is -2.07. The summed E-state index contributed by atoms with van der Waals surface area (Å²) in [5.74, 6) is 0.616. The number of rotatable bonds is 2. The molecule has 0 N–H and O–H groups in total. The van der Waals surface area contributed by atoms with Gasteiger partial charge in [0.1, 0.15) is 18.2 Å². The lowest BCUT2D eigenvalue weighted by Crippen LogP contribution is -1.94. The van der Waals surface area contributed by atoms with Crippen LogP contribution in [0.2, 0.25) is 0 Å². The van der Waals surface area contributed by atoms with Crippen molar-refractivity contribution in [3.8, 4) is 17.1 Å². The first-order valence-electron chi connectivity index (χ1n) is 6.63. The topological polar surface area (TPSA) is 56.7 Å². The summed E-state index contributed by atoms with van der Waals surface area (Å²) < 4.78 is 7.69. The third-order valence-electron chi connectivity index (χ3n) is 3.45. The first-order chi connectivity index (χ1) is 10.3. The van der Waals surface area contributed by atoms with E-state index in [9.17, 15) is 0 Å². The first kappa shape index (κ1) is 11.8. The predicted octanol–water partition coefficient (Wildman–Crippen LogP) is 3.38. The third-order valence-corrected chi connectivity index (χ3v) is 3.45. The predicted molar refractivity (Wildman–Crippen MR) is 79.1 cm³/mol. The van der Waals surface area contributed by atoms with Crippen LogP contribution in [-0.4, -0.2) is 19.7 Å². The van der Waals surface area contributed by atoms with E-state index in [2.05, 4.69) is 15.2 Å². The molecule has 0 fully saturated rings. The van der Waals surface area contributed by atoms with Gasteiger partial charge in [0.25, 0.3) is 0 Å². The van der Waals surface area contributed by atoms with Crippen LogP contribution < -0.4 is 0 Å². The highest BCUT2D eigenvalue weighted by Gasteiger charge is 2.10. The Balaban J connectivity index is 1.87. The van der Waals surface area contributed by atoms with Crippen LogP contribution in [0.4, 0.5) is 0 Å². The zero-order chi connectivity index (χ0) is 14.2. The quantitative estimate of drug-likeness (QED) is 0.563. The molecule has 0 aliphatic heterocycles. The van der Waals surface area contributed by atoms with E-state index in [0.29, 0.717) is 5.89 Å². The maximum absolute atomic E-state index is 5.81. The van der Waals surface area contributed by atoms with Gasteiger partial charge in [-0.2, -0.15) is 0 Å². The summed E-state index contributed by atoms with van der Waals surface area (Å²) in [5.41, 5.74) is 4.73. The van der Waals surface area contributed by atoms with Crippen molar-refractivity contribution in [1.82, 2.24) is 19.7 Å². The maximum atomic E-state index is 5.81. The molecule has 0 amide bonds. The molecule has 4 aromatic rings. The molecular weight excluding hydrogens is 264 g/mol. The molecular formula is C16H12N4O. The van der Waals surface area contributed by atoms with Crippen molar-refractivity contribution in [3.05, 3.63) is 60.7 Å². The van der Waals surface area contributed by atoms with E-state index < -0.39 is 0 Å². The van der Waals surface area contributed by atoms with Crippen molar-refractivity contribution < 1.29 is 4.42 Å². The minimum atomic E-state index is 0.616. The fraction of sp³-hybridized carbons (Fsp3) is 0.0625. The number of nitrogens with zero attached hydrogens (tertiary/aromatic N) is 4. The Morgan fingerprint density at radius 1 is 1.00 bits per heavy atom. The van der Waals surface area contributed by atoms with Crippen LogP contribution in [0.5, 0.6) is 0 Å². The van der Waals surface area contributed by atoms with E-state index in [1.54, 1.807) is 12.7 Å². The molecule has 5 nitrogen and oxygen atoms in total. The minimum Gasteiger partial charge on any atom is -0.436 e. The van der Waals surface area contributed by atoms with Gasteiger partial charge in [-0.15, -0.1) is 10.2 Å². The third kappa shape index (κ3) is 1.99. The number of hydrogen-bond acceptors (Lipinski definition) is 4. The summed E-state index contributed by atoms with van der Waals surface area (Å²) in [7, 11) is 0. The summed E-state index contributed by atoms with van der Waals surface area (Å²) in [5, 5.41) is 7.70. The zero-order valence-corrected chi connectivity index (χ0v) is 11.4. The van der Waals surface area contributed by atoms with Gasteiger partial charge < -0.3 is 4.42 Å². The molecule has 0 saturated heterocycles. The zero-order valence-electron chi connectivity index (χ0n) is 11.4. The molecule has 0 atom stereocenters. The molecule has 2 heterocycles. The second-order valence-electron chi connectivity index (χ2n) is 4.86. The van der Waals surface area contributed by atoms with Crippen molar-refractivity contribution in [2.24, 2.45) is 0 Å². The number of aryl methyl sites for hydroxylation is 1. The molecule has 0 unspecified atom stereocenters. The molecule has 0 saturated carbocycles. The van der Waals surface area contributed by atoms with Crippen LogP contribution in [0.1, 0.15) is 5.56 Å². The highest BCUT2D eigenvalue weighted by molar-refractivity contribution is 5.76. The van der Waals surface area contributed by atoms with Crippen LogP contribution >= 0.6 is 0 Å². The summed E-state index contributed by atoms with van der Waals surface area (Å²) in [4.78, 5) is 4.53. The second-order valence-corrected chi connectivity index (χ2v) is 4.86. The molecule has 0 radical (unpaired) electrons. The molecule has 0 aliphatic rings. The highest BCUT2D eigenvalue weighted by atomic mass is 16.3. The van der Waals surface area contributed by atoms with Crippen LogP contribution in [0.3, 0.4) is 0 Å². The molecule has 2 aromatic heterocycles. The number of aromatic nitrogens is 4. The number of oxazole rings is 1. The molecule has 0 spiro atoms. The first-order valence-corrected chi connectivity index (χ1v) is 6.63. The van der Waals surface area contributed by atoms with Crippen molar-refractivity contribution in [2.45, 2.75) is 6.92 Å². The molecule has 5 heteroatoms. The van der Waals surface area contributed by atoms with Crippen molar-refractivity contribution in [3.63, 3.8) is 0 Å². The highest BCUT2D eigenvalue weighted by Crippen LogP contribution is 2.27. The Morgan fingerprint density at radius 2 is 1.81 bits per heavy atom. The van der Waals surface area contributed by atoms with Gasteiger partial charge in [0.05, 0.1) is 5.69 Å². The van der Waals surface area contributed by atoms with Crippen molar-refractivity contribution >= 4 is 11.1 Å². The van der Waals surface area contributed by atoms with Crippen LogP contribution in [0.15, 0.2) is 59.5 Å². The van der Waals surface area contributed by atoms with Gasteiger partial charge in [0, 0.05) is 5.56 Å². The monoisotopic (exact) mass is 276 g/mol. The van der Waals surface area contributed by atoms with Crippen LogP contribution in [0, 0.1) is 6.92 Å². The molecule has 4 rings (SSSR count). The Bertz CT molecular complexity index is 876. The van der Waals surface area contributed by atoms with E-state index in [-0.39, 0.29) is 0 Å².